The average Bonchev–Trinajstić information content (AvgIpc) is 2.91. The van der Waals surface area contributed by atoms with Crippen LogP contribution >= 0.6 is 0 Å². The van der Waals surface area contributed by atoms with Crippen LogP contribution in [0.5, 0.6) is 17.2 Å². The minimum atomic E-state index is -0.558. The summed E-state index contributed by atoms with van der Waals surface area (Å²) in [6, 6.07) is 10.3. The molecule has 0 saturated carbocycles. The highest BCUT2D eigenvalue weighted by Gasteiger charge is 2.20. The van der Waals surface area contributed by atoms with Gasteiger partial charge in [-0.25, -0.2) is 4.98 Å². The lowest BCUT2D eigenvalue weighted by atomic mass is 9.99. The Morgan fingerprint density at radius 1 is 0.943 bits per heavy atom. The second-order valence-corrected chi connectivity index (χ2v) is 6.83. The van der Waals surface area contributed by atoms with Gasteiger partial charge in [-0.1, -0.05) is 50.8 Å². The number of rotatable bonds is 7. The minimum absolute atomic E-state index is 0.213. The van der Waals surface area contributed by atoms with E-state index in [0.29, 0.717) is 45.0 Å². The van der Waals surface area contributed by atoms with Gasteiger partial charge < -0.3 is 14.2 Å². The summed E-state index contributed by atoms with van der Waals surface area (Å²) in [5.74, 6) is -0.0567. The molecule has 8 heteroatoms. The number of fused-ring (bicyclic) bond motifs is 1. The Labute approximate surface area is 205 Å². The van der Waals surface area contributed by atoms with Crippen LogP contribution < -0.4 is 25.1 Å². The number of allylic oxidation sites excluding steroid dienone is 1. The van der Waals surface area contributed by atoms with Gasteiger partial charge in [0.2, 0.25) is 5.75 Å². The third-order valence-corrected chi connectivity index (χ3v) is 4.93. The van der Waals surface area contributed by atoms with Gasteiger partial charge in [0.25, 0.3) is 11.8 Å². The van der Waals surface area contributed by atoms with E-state index in [1.165, 1.54) is 33.5 Å². The molecular weight excluding hydrogens is 446 g/mol. The summed E-state index contributed by atoms with van der Waals surface area (Å²) in [7, 11) is 4.38. The number of ether oxygens (including phenoxy) is 3. The largest absolute Gasteiger partial charge is 0.493 e. The highest BCUT2D eigenvalue weighted by molar-refractivity contribution is 6.10. The van der Waals surface area contributed by atoms with E-state index in [1.54, 1.807) is 18.2 Å². The summed E-state index contributed by atoms with van der Waals surface area (Å²) in [5.41, 5.74) is 7.34. The quantitative estimate of drug-likeness (QED) is 0.463. The van der Waals surface area contributed by atoms with Gasteiger partial charge in [-0.15, -0.1) is 0 Å². The molecule has 0 bridgehead atoms. The number of benzene rings is 2. The topological polar surface area (TPSA) is 98.8 Å². The minimum Gasteiger partial charge on any atom is -0.493 e. The molecule has 0 aliphatic rings. The second-order valence-electron chi connectivity index (χ2n) is 6.83. The van der Waals surface area contributed by atoms with Crippen molar-refractivity contribution in [2.75, 3.05) is 21.3 Å². The molecule has 3 rings (SSSR count). The van der Waals surface area contributed by atoms with E-state index < -0.39 is 11.8 Å². The molecule has 1 heterocycles. The van der Waals surface area contributed by atoms with Gasteiger partial charge in [-0.05, 0) is 31.2 Å². The predicted octanol–water partition coefficient (Wildman–Crippen LogP) is 5.04. The van der Waals surface area contributed by atoms with Crippen molar-refractivity contribution in [1.82, 2.24) is 15.8 Å². The first kappa shape index (κ1) is 26.9. The number of para-hydroxylation sites is 1. The van der Waals surface area contributed by atoms with Crippen LogP contribution in [0.1, 0.15) is 52.7 Å². The molecule has 0 aliphatic carbocycles. The van der Waals surface area contributed by atoms with Crippen LogP contribution in [0.15, 0.2) is 49.1 Å². The smallest absolute Gasteiger partial charge is 0.271 e. The van der Waals surface area contributed by atoms with Crippen LogP contribution in [-0.2, 0) is 0 Å². The van der Waals surface area contributed by atoms with Gasteiger partial charge in [0.1, 0.15) is 0 Å². The lowest BCUT2D eigenvalue weighted by Gasteiger charge is -2.15. The lowest BCUT2D eigenvalue weighted by Crippen LogP contribution is -2.42. The fourth-order valence-corrected chi connectivity index (χ4v) is 3.44. The summed E-state index contributed by atoms with van der Waals surface area (Å²) in [6.45, 7) is 9.65. The SMILES string of the molecule is C=Cc1nc2ccccc2c(C(=O)NNC(=O)c2cc(OC)c(OC)c(OC)c2)c1/C=C\C.CC. The standard InChI is InChI=1S/C25H25N3O5.C2H6/c1-6-10-16-18(7-2)26-19-12-9-8-11-17(19)22(16)25(30)28-27-24(29)15-13-20(31-3)23(33-5)21(14-15)32-4;1-2/h6-14H,2H2,1,3-5H3,(H,27,29)(H,28,30);1-2H3/b10-6-;. The van der Waals surface area contributed by atoms with E-state index in [2.05, 4.69) is 22.4 Å². The first-order chi connectivity index (χ1) is 17.0. The van der Waals surface area contributed by atoms with Crippen molar-refractivity contribution in [2.24, 2.45) is 0 Å². The molecule has 2 N–H and O–H groups in total. The summed E-state index contributed by atoms with van der Waals surface area (Å²) in [4.78, 5) is 30.6. The Hall–Kier alpha value is -4.33. The number of nitrogens with one attached hydrogen (secondary N) is 2. The summed E-state index contributed by atoms with van der Waals surface area (Å²) < 4.78 is 15.8. The van der Waals surface area contributed by atoms with Gasteiger partial charge in [0, 0.05) is 16.5 Å². The van der Waals surface area contributed by atoms with Crippen molar-refractivity contribution >= 4 is 34.9 Å². The van der Waals surface area contributed by atoms with E-state index in [1.807, 2.05) is 45.0 Å². The number of carbonyl (C=O) groups is 2. The normalized spacial score (nSPS) is 10.2. The molecule has 0 radical (unpaired) electrons. The highest BCUT2D eigenvalue weighted by atomic mass is 16.5. The van der Waals surface area contributed by atoms with Gasteiger partial charge in [0.15, 0.2) is 11.5 Å². The zero-order valence-electron chi connectivity index (χ0n) is 20.9. The molecule has 184 valence electrons. The fourth-order valence-electron chi connectivity index (χ4n) is 3.44. The number of hydrazine groups is 1. The van der Waals surface area contributed by atoms with Crippen LogP contribution in [0.25, 0.3) is 23.1 Å². The van der Waals surface area contributed by atoms with Crippen molar-refractivity contribution < 1.29 is 23.8 Å². The molecule has 0 unspecified atom stereocenters. The molecule has 35 heavy (non-hydrogen) atoms. The molecule has 1 aromatic heterocycles. The van der Waals surface area contributed by atoms with Crippen LogP contribution in [0, 0.1) is 0 Å². The number of carbonyl (C=O) groups excluding carboxylic acids is 2. The fraction of sp³-hybridized carbons (Fsp3) is 0.222. The monoisotopic (exact) mass is 477 g/mol. The summed E-state index contributed by atoms with van der Waals surface area (Å²) in [5, 5.41) is 0.649. The number of amides is 2. The van der Waals surface area contributed by atoms with E-state index >= 15 is 0 Å². The Morgan fingerprint density at radius 2 is 1.54 bits per heavy atom. The van der Waals surface area contributed by atoms with Crippen molar-refractivity contribution in [3.63, 3.8) is 0 Å². The zero-order chi connectivity index (χ0) is 26.0. The first-order valence-corrected chi connectivity index (χ1v) is 11.1. The first-order valence-electron chi connectivity index (χ1n) is 11.1. The maximum atomic E-state index is 13.2. The molecule has 0 aliphatic heterocycles. The van der Waals surface area contributed by atoms with Gasteiger partial charge in [-0.2, -0.15) is 0 Å². The molecule has 0 atom stereocenters. The third-order valence-electron chi connectivity index (χ3n) is 4.93. The van der Waals surface area contributed by atoms with Crippen molar-refractivity contribution in [2.45, 2.75) is 20.8 Å². The van der Waals surface area contributed by atoms with Crippen LogP contribution in [-0.4, -0.2) is 38.1 Å². The molecule has 8 nitrogen and oxygen atoms in total. The van der Waals surface area contributed by atoms with Crippen molar-refractivity contribution in [3.05, 3.63) is 71.4 Å². The Bertz CT molecular complexity index is 1230. The maximum Gasteiger partial charge on any atom is 0.271 e. The Kier molecular flexibility index (Phi) is 9.84. The number of methoxy groups -OCH3 is 3. The van der Waals surface area contributed by atoms with Crippen molar-refractivity contribution in [1.29, 1.82) is 0 Å². The summed E-state index contributed by atoms with van der Waals surface area (Å²) >= 11 is 0. The van der Waals surface area contributed by atoms with E-state index in [0.717, 1.165) is 0 Å². The van der Waals surface area contributed by atoms with E-state index in [4.69, 9.17) is 14.2 Å². The van der Waals surface area contributed by atoms with Gasteiger partial charge in [-0.3, -0.25) is 20.4 Å². The number of hydrogen-bond acceptors (Lipinski definition) is 6. The summed E-state index contributed by atoms with van der Waals surface area (Å²) in [6.07, 6.45) is 5.18. The zero-order valence-corrected chi connectivity index (χ0v) is 20.9. The molecule has 0 fully saturated rings. The number of hydrogen-bond donors (Lipinski definition) is 2. The van der Waals surface area contributed by atoms with E-state index in [-0.39, 0.29) is 5.56 Å². The number of nitrogens with zero attached hydrogens (tertiary/aromatic N) is 1. The van der Waals surface area contributed by atoms with E-state index in [9.17, 15) is 9.59 Å². The highest BCUT2D eigenvalue weighted by Crippen LogP contribution is 2.38. The Morgan fingerprint density at radius 3 is 2.09 bits per heavy atom. The van der Waals surface area contributed by atoms with Gasteiger partial charge >= 0.3 is 0 Å². The maximum absolute atomic E-state index is 13.2. The molecule has 2 amide bonds. The molecule has 0 spiro atoms. The average molecular weight is 478 g/mol. The van der Waals surface area contributed by atoms with Crippen LogP contribution in [0.2, 0.25) is 0 Å². The number of pyridine rings is 1. The lowest BCUT2D eigenvalue weighted by molar-refractivity contribution is 0.0847. The molecule has 2 aromatic carbocycles. The Balaban J connectivity index is 0.00000210. The van der Waals surface area contributed by atoms with Gasteiger partial charge in [0.05, 0.1) is 38.1 Å². The number of aromatic nitrogens is 1. The predicted molar refractivity (Wildman–Crippen MR) is 139 cm³/mol. The van der Waals surface area contributed by atoms with Crippen molar-refractivity contribution in [3.8, 4) is 17.2 Å². The molecule has 3 aromatic rings. The third kappa shape index (κ3) is 5.78. The second kappa shape index (κ2) is 12.8. The van der Waals surface area contributed by atoms with Crippen LogP contribution in [0.3, 0.4) is 0 Å². The molecular formula is C27H31N3O5. The van der Waals surface area contributed by atoms with Crippen LogP contribution in [0.4, 0.5) is 0 Å². The molecule has 0 saturated heterocycles.